The van der Waals surface area contributed by atoms with Crippen LogP contribution in [0.5, 0.6) is 5.75 Å². The summed E-state index contributed by atoms with van der Waals surface area (Å²) in [6.07, 6.45) is 2.90. The van der Waals surface area contributed by atoms with Crippen LogP contribution in [0.2, 0.25) is 0 Å². The average molecular weight is 306 g/mol. The van der Waals surface area contributed by atoms with E-state index >= 15 is 0 Å². The van der Waals surface area contributed by atoms with Crippen LogP contribution in [-0.4, -0.2) is 10.9 Å². The summed E-state index contributed by atoms with van der Waals surface area (Å²) < 4.78 is 5.19. The van der Waals surface area contributed by atoms with Crippen LogP contribution in [0, 0.1) is 6.92 Å². The monoisotopic (exact) mass is 306 g/mol. The maximum absolute atomic E-state index is 12.2. The van der Waals surface area contributed by atoms with Crippen LogP contribution in [0.15, 0.2) is 63.8 Å². The van der Waals surface area contributed by atoms with Gasteiger partial charge in [0.1, 0.15) is 16.9 Å². The van der Waals surface area contributed by atoms with E-state index in [0.717, 1.165) is 11.1 Å². The minimum absolute atomic E-state index is 0.00173. The summed E-state index contributed by atoms with van der Waals surface area (Å²) in [5.41, 5.74) is 1.57. The fourth-order valence-corrected chi connectivity index (χ4v) is 2.26. The number of phenolic OH excluding ortho intramolecular Hbond substituents is 1. The van der Waals surface area contributed by atoms with Crippen molar-refractivity contribution < 1.29 is 14.3 Å². The van der Waals surface area contributed by atoms with Crippen LogP contribution in [-0.2, 0) is 0 Å². The first-order chi connectivity index (χ1) is 11.0. The number of allylic oxidation sites excluding steroid dienone is 1. The van der Waals surface area contributed by atoms with E-state index in [9.17, 15) is 14.7 Å². The average Bonchev–Trinajstić information content (AvgIpc) is 2.54. The Kier molecular flexibility index (Phi) is 3.81. The Morgan fingerprint density at radius 2 is 1.83 bits per heavy atom. The van der Waals surface area contributed by atoms with E-state index in [2.05, 4.69) is 0 Å². The highest BCUT2D eigenvalue weighted by atomic mass is 16.4. The van der Waals surface area contributed by atoms with Crippen molar-refractivity contribution in [3.05, 3.63) is 81.7 Å². The highest BCUT2D eigenvalue weighted by Gasteiger charge is 2.11. The molecule has 0 spiro atoms. The van der Waals surface area contributed by atoms with Crippen molar-refractivity contribution in [1.29, 1.82) is 0 Å². The lowest BCUT2D eigenvalue weighted by atomic mass is 10.1. The normalized spacial score (nSPS) is 11.2. The molecule has 0 aliphatic carbocycles. The molecule has 3 aromatic rings. The highest BCUT2D eigenvalue weighted by molar-refractivity contribution is 6.07. The molecule has 0 saturated carbocycles. The van der Waals surface area contributed by atoms with Crippen LogP contribution < -0.4 is 5.63 Å². The molecule has 0 aliphatic heterocycles. The van der Waals surface area contributed by atoms with Gasteiger partial charge in [-0.15, -0.1) is 0 Å². The van der Waals surface area contributed by atoms with E-state index in [0.29, 0.717) is 11.0 Å². The molecule has 3 rings (SSSR count). The zero-order chi connectivity index (χ0) is 16.4. The summed E-state index contributed by atoms with van der Waals surface area (Å²) in [4.78, 5) is 24.2. The van der Waals surface area contributed by atoms with Gasteiger partial charge in [0.25, 0.3) is 0 Å². The molecule has 1 heterocycles. The van der Waals surface area contributed by atoms with Gasteiger partial charge in [-0.05, 0) is 48.9 Å². The van der Waals surface area contributed by atoms with Gasteiger partial charge in [-0.25, -0.2) is 4.79 Å². The van der Waals surface area contributed by atoms with Gasteiger partial charge in [0, 0.05) is 5.39 Å². The number of carbonyl (C=O) groups is 1. The standard InChI is InChI=1S/C19H14O4/c1-12-2-9-18-14(10-12)11-16(19(22)23-18)17(21)8-5-13-3-6-15(20)7-4-13/h2-11,20H,1H3/b8-5+. The van der Waals surface area contributed by atoms with E-state index in [-0.39, 0.29) is 11.3 Å². The molecular formula is C19H14O4. The zero-order valence-corrected chi connectivity index (χ0v) is 12.4. The number of carbonyl (C=O) groups excluding carboxylic acids is 1. The van der Waals surface area contributed by atoms with Gasteiger partial charge in [0.05, 0.1) is 0 Å². The first-order valence-electron chi connectivity index (χ1n) is 7.09. The number of benzene rings is 2. The molecule has 114 valence electrons. The predicted molar refractivity (Wildman–Crippen MR) is 88.7 cm³/mol. The van der Waals surface area contributed by atoms with Crippen molar-refractivity contribution >= 4 is 22.8 Å². The minimum Gasteiger partial charge on any atom is -0.508 e. The molecule has 0 radical (unpaired) electrons. The van der Waals surface area contributed by atoms with Gasteiger partial charge < -0.3 is 9.52 Å². The highest BCUT2D eigenvalue weighted by Crippen LogP contribution is 2.16. The SMILES string of the molecule is Cc1ccc2oc(=O)c(C(=O)/C=C/c3ccc(O)cc3)cc2c1. The number of aromatic hydroxyl groups is 1. The molecule has 4 heteroatoms. The molecule has 1 N–H and O–H groups in total. The zero-order valence-electron chi connectivity index (χ0n) is 12.4. The van der Waals surface area contributed by atoms with Gasteiger partial charge in [0.15, 0.2) is 5.78 Å². The number of aryl methyl sites for hydroxylation is 1. The number of hydrogen-bond donors (Lipinski definition) is 1. The van der Waals surface area contributed by atoms with Crippen molar-refractivity contribution in [3.8, 4) is 5.75 Å². The third-order valence-corrected chi connectivity index (χ3v) is 3.47. The van der Waals surface area contributed by atoms with Crippen LogP contribution in [0.1, 0.15) is 21.5 Å². The fraction of sp³-hybridized carbons (Fsp3) is 0.0526. The van der Waals surface area contributed by atoms with Gasteiger partial charge in [0.2, 0.25) is 0 Å². The molecule has 1 aromatic heterocycles. The Balaban J connectivity index is 1.95. The lowest BCUT2D eigenvalue weighted by Crippen LogP contribution is -2.11. The smallest absolute Gasteiger partial charge is 0.347 e. The van der Waals surface area contributed by atoms with Gasteiger partial charge >= 0.3 is 5.63 Å². The third-order valence-electron chi connectivity index (χ3n) is 3.47. The third kappa shape index (κ3) is 3.21. The molecule has 4 nitrogen and oxygen atoms in total. The Morgan fingerprint density at radius 3 is 2.57 bits per heavy atom. The predicted octanol–water partition coefficient (Wildman–Crippen LogP) is 3.70. The van der Waals surface area contributed by atoms with Crippen molar-refractivity contribution in [3.63, 3.8) is 0 Å². The maximum atomic E-state index is 12.2. The Morgan fingerprint density at radius 1 is 1.09 bits per heavy atom. The van der Waals surface area contributed by atoms with E-state index in [1.165, 1.54) is 18.2 Å². The second-order valence-corrected chi connectivity index (χ2v) is 5.28. The number of fused-ring (bicyclic) bond motifs is 1. The van der Waals surface area contributed by atoms with Crippen molar-refractivity contribution in [2.45, 2.75) is 6.92 Å². The molecule has 0 bridgehead atoms. The number of phenols is 1. The van der Waals surface area contributed by atoms with E-state index in [4.69, 9.17) is 4.42 Å². The van der Waals surface area contributed by atoms with Crippen molar-refractivity contribution in [1.82, 2.24) is 0 Å². The van der Waals surface area contributed by atoms with E-state index in [1.807, 2.05) is 19.1 Å². The van der Waals surface area contributed by atoms with Gasteiger partial charge in [-0.3, -0.25) is 4.79 Å². The molecule has 0 unspecified atom stereocenters. The Labute approximate surface area is 132 Å². The van der Waals surface area contributed by atoms with Crippen LogP contribution in [0.3, 0.4) is 0 Å². The molecule has 23 heavy (non-hydrogen) atoms. The molecule has 0 aliphatic rings. The molecule has 0 amide bonds. The summed E-state index contributed by atoms with van der Waals surface area (Å²) in [6.45, 7) is 1.93. The molecule has 0 fully saturated rings. The summed E-state index contributed by atoms with van der Waals surface area (Å²) in [5.74, 6) is -0.269. The summed E-state index contributed by atoms with van der Waals surface area (Å²) in [7, 11) is 0. The Bertz CT molecular complexity index is 963. The topological polar surface area (TPSA) is 67.5 Å². The van der Waals surface area contributed by atoms with Crippen LogP contribution in [0.4, 0.5) is 0 Å². The van der Waals surface area contributed by atoms with Gasteiger partial charge in [-0.2, -0.15) is 0 Å². The maximum Gasteiger partial charge on any atom is 0.347 e. The fourth-order valence-electron chi connectivity index (χ4n) is 2.26. The lowest BCUT2D eigenvalue weighted by molar-refractivity contribution is 0.104. The lowest BCUT2D eigenvalue weighted by Gasteiger charge is -2.00. The number of hydrogen-bond acceptors (Lipinski definition) is 4. The molecule has 0 atom stereocenters. The van der Waals surface area contributed by atoms with Crippen LogP contribution in [0.25, 0.3) is 17.0 Å². The van der Waals surface area contributed by atoms with Crippen molar-refractivity contribution in [2.75, 3.05) is 0 Å². The number of ketones is 1. The summed E-state index contributed by atoms with van der Waals surface area (Å²) in [5, 5.41) is 9.94. The molecule has 0 saturated heterocycles. The summed E-state index contributed by atoms with van der Waals surface area (Å²) >= 11 is 0. The van der Waals surface area contributed by atoms with Crippen LogP contribution >= 0.6 is 0 Å². The Hall–Kier alpha value is -3.14. The van der Waals surface area contributed by atoms with E-state index < -0.39 is 11.4 Å². The van der Waals surface area contributed by atoms with Gasteiger partial charge in [-0.1, -0.05) is 29.8 Å². The second-order valence-electron chi connectivity index (χ2n) is 5.28. The first-order valence-corrected chi connectivity index (χ1v) is 7.09. The van der Waals surface area contributed by atoms with Crippen molar-refractivity contribution in [2.24, 2.45) is 0 Å². The molecule has 2 aromatic carbocycles. The minimum atomic E-state index is -0.651. The first kappa shape index (κ1) is 14.8. The quantitative estimate of drug-likeness (QED) is 0.455. The number of rotatable bonds is 3. The largest absolute Gasteiger partial charge is 0.508 e. The van der Waals surface area contributed by atoms with E-state index in [1.54, 1.807) is 30.3 Å². The second kappa shape index (κ2) is 5.93. The molecular weight excluding hydrogens is 292 g/mol. The summed E-state index contributed by atoms with van der Waals surface area (Å²) in [6, 6.07) is 13.4.